The van der Waals surface area contributed by atoms with Gasteiger partial charge in [0.15, 0.2) is 0 Å². The molecule has 7 heteroatoms. The minimum absolute atomic E-state index is 0.106. The first-order valence-electron chi connectivity index (χ1n) is 9.90. The van der Waals surface area contributed by atoms with Gasteiger partial charge in [0.1, 0.15) is 6.04 Å². The van der Waals surface area contributed by atoms with Gasteiger partial charge in [-0.1, -0.05) is 54.1 Å². The van der Waals surface area contributed by atoms with Gasteiger partial charge in [-0.2, -0.15) is 0 Å². The molecule has 1 atom stereocenters. The van der Waals surface area contributed by atoms with Crippen molar-refractivity contribution in [1.29, 1.82) is 0 Å². The summed E-state index contributed by atoms with van der Waals surface area (Å²) in [7, 11) is 1.29. The minimum Gasteiger partial charge on any atom is -0.467 e. The number of hydrogen-bond donors (Lipinski definition) is 2. The van der Waals surface area contributed by atoms with E-state index in [9.17, 15) is 14.4 Å². The molecule has 0 aliphatic heterocycles. The minimum atomic E-state index is -0.752. The van der Waals surface area contributed by atoms with E-state index in [-0.39, 0.29) is 24.7 Å². The molecule has 0 spiro atoms. The first-order valence-corrected chi connectivity index (χ1v) is 10.3. The molecule has 0 unspecified atom stereocenters. The molecular formula is C23H27ClN2O4. The lowest BCUT2D eigenvalue weighted by Gasteiger charge is -2.16. The third-order valence-corrected chi connectivity index (χ3v) is 4.81. The lowest BCUT2D eigenvalue weighted by Crippen LogP contribution is -2.43. The lowest BCUT2D eigenvalue weighted by atomic mass is 10.1. The van der Waals surface area contributed by atoms with E-state index in [1.165, 1.54) is 7.11 Å². The van der Waals surface area contributed by atoms with E-state index >= 15 is 0 Å². The third kappa shape index (κ3) is 8.66. The number of amides is 2. The molecule has 0 saturated heterocycles. The van der Waals surface area contributed by atoms with E-state index in [2.05, 4.69) is 10.6 Å². The maximum atomic E-state index is 12.2. The van der Waals surface area contributed by atoms with Crippen LogP contribution in [0.1, 0.15) is 30.4 Å². The Morgan fingerprint density at radius 2 is 1.60 bits per heavy atom. The summed E-state index contributed by atoms with van der Waals surface area (Å²) in [6.07, 6.45) is 1.87. The number of nitrogens with one attached hydrogen (secondary N) is 2. The van der Waals surface area contributed by atoms with E-state index < -0.39 is 12.0 Å². The summed E-state index contributed by atoms with van der Waals surface area (Å²) in [6.45, 7) is 0.522. The Balaban J connectivity index is 1.68. The van der Waals surface area contributed by atoms with Gasteiger partial charge in [0, 0.05) is 30.8 Å². The molecule has 160 valence electrons. The maximum absolute atomic E-state index is 12.2. The molecule has 6 nitrogen and oxygen atoms in total. The molecule has 2 aromatic rings. The highest BCUT2D eigenvalue weighted by molar-refractivity contribution is 6.30. The average Bonchev–Trinajstić information content (AvgIpc) is 2.75. The highest BCUT2D eigenvalue weighted by Crippen LogP contribution is 2.09. The van der Waals surface area contributed by atoms with Gasteiger partial charge in [0.05, 0.1) is 7.11 Å². The summed E-state index contributed by atoms with van der Waals surface area (Å²) < 4.78 is 4.79. The number of methoxy groups -OCH3 is 1. The van der Waals surface area contributed by atoms with Crippen LogP contribution in [0.15, 0.2) is 54.6 Å². The van der Waals surface area contributed by atoms with Gasteiger partial charge >= 0.3 is 5.97 Å². The molecular weight excluding hydrogens is 404 g/mol. The Morgan fingerprint density at radius 1 is 0.933 bits per heavy atom. The first-order chi connectivity index (χ1) is 14.5. The van der Waals surface area contributed by atoms with E-state index in [4.69, 9.17) is 16.3 Å². The molecule has 2 N–H and O–H groups in total. The summed E-state index contributed by atoms with van der Waals surface area (Å²) >= 11 is 5.85. The molecule has 0 radical (unpaired) electrons. The van der Waals surface area contributed by atoms with Crippen LogP contribution in [0.5, 0.6) is 0 Å². The summed E-state index contributed by atoms with van der Waals surface area (Å²) in [4.78, 5) is 36.1. The number of ether oxygens (including phenoxy) is 1. The Kier molecular flexibility index (Phi) is 9.87. The van der Waals surface area contributed by atoms with Gasteiger partial charge in [0.25, 0.3) is 0 Å². The number of halogens is 1. The van der Waals surface area contributed by atoms with Gasteiger partial charge in [-0.3, -0.25) is 9.59 Å². The largest absolute Gasteiger partial charge is 0.467 e. The Labute approximate surface area is 182 Å². The summed E-state index contributed by atoms with van der Waals surface area (Å²) in [6, 6.07) is 16.1. The molecule has 2 aromatic carbocycles. The molecule has 2 amide bonds. The van der Waals surface area contributed by atoms with Crippen molar-refractivity contribution in [3.63, 3.8) is 0 Å². The zero-order chi connectivity index (χ0) is 21.8. The fourth-order valence-electron chi connectivity index (χ4n) is 2.95. The van der Waals surface area contributed by atoms with Crippen molar-refractivity contribution in [3.05, 3.63) is 70.7 Å². The van der Waals surface area contributed by atoms with Crippen molar-refractivity contribution < 1.29 is 19.1 Å². The summed E-state index contributed by atoms with van der Waals surface area (Å²) in [5.41, 5.74) is 2.01. The van der Waals surface area contributed by atoms with Crippen LogP contribution in [-0.2, 0) is 32.0 Å². The predicted molar refractivity (Wildman–Crippen MR) is 116 cm³/mol. The van der Waals surface area contributed by atoms with Crippen LogP contribution >= 0.6 is 11.6 Å². The molecule has 2 rings (SSSR count). The third-order valence-electron chi connectivity index (χ3n) is 4.56. The Hall–Kier alpha value is -2.86. The van der Waals surface area contributed by atoms with Gasteiger partial charge < -0.3 is 15.4 Å². The second-order valence-corrected chi connectivity index (χ2v) is 7.35. The molecule has 0 aromatic heterocycles. The van der Waals surface area contributed by atoms with Crippen molar-refractivity contribution >= 4 is 29.4 Å². The van der Waals surface area contributed by atoms with Crippen LogP contribution in [0.4, 0.5) is 0 Å². The smallest absolute Gasteiger partial charge is 0.328 e. The quantitative estimate of drug-likeness (QED) is 0.536. The van der Waals surface area contributed by atoms with Gasteiger partial charge in [-0.25, -0.2) is 4.79 Å². The monoisotopic (exact) mass is 430 g/mol. The Morgan fingerprint density at radius 3 is 2.27 bits per heavy atom. The first kappa shape index (κ1) is 23.4. The fraction of sp³-hybridized carbons (Fsp3) is 0.348. The van der Waals surface area contributed by atoms with Gasteiger partial charge in [0.2, 0.25) is 11.8 Å². The van der Waals surface area contributed by atoms with E-state index in [0.717, 1.165) is 11.1 Å². The van der Waals surface area contributed by atoms with Crippen molar-refractivity contribution in [2.24, 2.45) is 0 Å². The van der Waals surface area contributed by atoms with Crippen molar-refractivity contribution in [1.82, 2.24) is 10.6 Å². The van der Waals surface area contributed by atoms with Gasteiger partial charge in [-0.15, -0.1) is 0 Å². The van der Waals surface area contributed by atoms with Crippen LogP contribution in [0.2, 0.25) is 5.02 Å². The molecule has 30 heavy (non-hydrogen) atoms. The van der Waals surface area contributed by atoms with Crippen LogP contribution in [0, 0.1) is 0 Å². The number of hydrogen-bond acceptors (Lipinski definition) is 4. The fourth-order valence-corrected chi connectivity index (χ4v) is 3.07. The normalized spacial score (nSPS) is 11.4. The molecule has 0 bridgehead atoms. The average molecular weight is 431 g/mol. The molecule has 0 heterocycles. The number of rotatable bonds is 11. The van der Waals surface area contributed by atoms with Crippen molar-refractivity contribution in [3.8, 4) is 0 Å². The highest BCUT2D eigenvalue weighted by Gasteiger charge is 2.21. The standard InChI is InChI=1S/C23H27ClN2O4/c1-30-23(29)20(16-18-6-3-2-4-7-18)26-22(28)9-5-8-21(27)25-15-14-17-10-12-19(24)13-11-17/h2-4,6-7,10-13,20H,5,8-9,14-16H2,1H3,(H,25,27)(H,26,28)/t20-/m0/s1. The highest BCUT2D eigenvalue weighted by atomic mass is 35.5. The maximum Gasteiger partial charge on any atom is 0.328 e. The Bertz CT molecular complexity index is 825. The lowest BCUT2D eigenvalue weighted by molar-refractivity contribution is -0.145. The van der Waals surface area contributed by atoms with Crippen molar-refractivity contribution in [2.75, 3.05) is 13.7 Å². The summed E-state index contributed by atoms with van der Waals surface area (Å²) in [5, 5.41) is 6.23. The SMILES string of the molecule is COC(=O)[C@H](Cc1ccccc1)NC(=O)CCCC(=O)NCCc1ccc(Cl)cc1. The number of carbonyl (C=O) groups is 3. The van der Waals surface area contributed by atoms with Crippen molar-refractivity contribution in [2.45, 2.75) is 38.1 Å². The molecule has 0 aliphatic carbocycles. The van der Waals surface area contributed by atoms with Crippen LogP contribution in [-0.4, -0.2) is 37.5 Å². The number of benzene rings is 2. The zero-order valence-corrected chi connectivity index (χ0v) is 17.8. The van der Waals surface area contributed by atoms with Crippen LogP contribution in [0.3, 0.4) is 0 Å². The molecule has 0 saturated carbocycles. The van der Waals surface area contributed by atoms with E-state index in [1.807, 2.05) is 54.6 Å². The predicted octanol–water partition coefficient (Wildman–Crippen LogP) is 3.07. The second kappa shape index (κ2) is 12.6. The van der Waals surface area contributed by atoms with Crippen LogP contribution < -0.4 is 10.6 Å². The number of carbonyl (C=O) groups excluding carboxylic acids is 3. The van der Waals surface area contributed by atoms with E-state index in [1.54, 1.807) is 0 Å². The molecule has 0 aliphatic rings. The molecule has 0 fully saturated rings. The zero-order valence-electron chi connectivity index (χ0n) is 17.0. The second-order valence-electron chi connectivity index (χ2n) is 6.91. The number of esters is 1. The summed E-state index contributed by atoms with van der Waals surface area (Å²) in [5.74, 6) is -0.881. The topological polar surface area (TPSA) is 84.5 Å². The van der Waals surface area contributed by atoms with Crippen LogP contribution in [0.25, 0.3) is 0 Å². The van der Waals surface area contributed by atoms with E-state index in [0.29, 0.717) is 30.8 Å². The van der Waals surface area contributed by atoms with Gasteiger partial charge in [-0.05, 0) is 36.1 Å².